The maximum Gasteiger partial charge on any atom is 0.0998 e. The van der Waals surface area contributed by atoms with E-state index < -0.39 is 6.67 Å². The van der Waals surface area contributed by atoms with E-state index in [0.29, 0.717) is 11.5 Å². The lowest BCUT2D eigenvalue weighted by Gasteiger charge is -2.08. The van der Waals surface area contributed by atoms with Gasteiger partial charge in [0, 0.05) is 9.49 Å². The van der Waals surface area contributed by atoms with E-state index in [1.165, 1.54) is 0 Å². The van der Waals surface area contributed by atoms with Crippen LogP contribution in [-0.4, -0.2) is 6.67 Å². The zero-order valence-corrected chi connectivity index (χ0v) is 9.30. The monoisotopic (exact) mass is 288 g/mol. The van der Waals surface area contributed by atoms with Crippen LogP contribution in [0.5, 0.6) is 0 Å². The molecule has 0 unspecified atom stereocenters. The summed E-state index contributed by atoms with van der Waals surface area (Å²) < 4.78 is 13.3. The predicted octanol–water partition coefficient (Wildman–Crippen LogP) is 3.07. The van der Waals surface area contributed by atoms with Crippen molar-refractivity contribution in [1.29, 1.82) is 5.26 Å². The molecule has 0 spiro atoms. The molecule has 0 fully saturated rings. The van der Waals surface area contributed by atoms with E-state index in [1.54, 1.807) is 19.1 Å². The van der Waals surface area contributed by atoms with Crippen molar-refractivity contribution in [2.75, 3.05) is 6.67 Å². The number of hydrogen-bond acceptors (Lipinski definition) is 1. The van der Waals surface area contributed by atoms with Gasteiger partial charge in [0.2, 0.25) is 0 Å². The Morgan fingerprint density at radius 3 is 2.85 bits per heavy atom. The highest BCUT2D eigenvalue weighted by Gasteiger charge is 2.10. The highest BCUT2D eigenvalue weighted by molar-refractivity contribution is 14.1. The Hall–Kier alpha value is -0.630. The summed E-state index contributed by atoms with van der Waals surface area (Å²) in [7, 11) is 0. The summed E-state index contributed by atoms with van der Waals surface area (Å²) in [6, 6.07) is 7.31. The smallest absolute Gasteiger partial charge is 0.0998 e. The minimum absolute atomic E-state index is 0.467. The Balaban J connectivity index is 3.12. The second kappa shape index (κ2) is 4.56. The maximum atomic E-state index is 12.4. The highest BCUT2D eigenvalue weighted by Crippen LogP contribution is 2.22. The van der Waals surface area contributed by atoms with Crippen LogP contribution in [0.1, 0.15) is 18.1 Å². The summed E-state index contributed by atoms with van der Waals surface area (Å²) in [5.41, 5.74) is 1.41. The van der Waals surface area contributed by atoms with Crippen LogP contribution >= 0.6 is 22.6 Å². The van der Waals surface area contributed by atoms with Crippen LogP contribution in [0.4, 0.5) is 4.39 Å². The van der Waals surface area contributed by atoms with E-state index in [-0.39, 0.29) is 0 Å². The first kappa shape index (κ1) is 10.5. The molecule has 3 heteroatoms. The molecule has 13 heavy (non-hydrogen) atoms. The summed E-state index contributed by atoms with van der Waals surface area (Å²) in [5, 5.41) is 8.65. The van der Waals surface area contributed by atoms with Crippen molar-refractivity contribution >= 4 is 22.6 Å². The van der Waals surface area contributed by atoms with Crippen LogP contribution in [0, 0.1) is 20.8 Å². The molecule has 0 saturated heterocycles. The molecule has 0 aliphatic heterocycles. The lowest BCUT2D eigenvalue weighted by molar-refractivity contribution is 0.515. The van der Waals surface area contributed by atoms with Crippen LogP contribution in [0.2, 0.25) is 0 Å². The van der Waals surface area contributed by atoms with Gasteiger partial charge in [-0.2, -0.15) is 5.26 Å². The minimum Gasteiger partial charge on any atom is -0.250 e. The SMILES string of the molecule is C[C](CF)c1cc(C#N)ccc1I. The number of hydrogen-bond donors (Lipinski definition) is 0. The quantitative estimate of drug-likeness (QED) is 0.767. The lowest BCUT2D eigenvalue weighted by atomic mass is 10.0. The van der Waals surface area contributed by atoms with Crippen LogP contribution in [0.15, 0.2) is 18.2 Å². The first-order valence-corrected chi connectivity index (χ1v) is 4.85. The molecule has 67 valence electrons. The molecule has 0 saturated carbocycles. The van der Waals surface area contributed by atoms with Gasteiger partial charge in [-0.3, -0.25) is 4.39 Å². The fourth-order valence-corrected chi connectivity index (χ4v) is 1.79. The fraction of sp³-hybridized carbons (Fsp3) is 0.200. The van der Waals surface area contributed by atoms with E-state index in [9.17, 15) is 4.39 Å². The average molecular weight is 288 g/mol. The molecule has 1 rings (SSSR count). The Morgan fingerprint density at radius 2 is 2.31 bits per heavy atom. The first-order valence-electron chi connectivity index (χ1n) is 3.77. The van der Waals surface area contributed by atoms with E-state index >= 15 is 0 Å². The third kappa shape index (κ3) is 2.41. The van der Waals surface area contributed by atoms with Crippen molar-refractivity contribution in [3.8, 4) is 6.07 Å². The van der Waals surface area contributed by atoms with Gasteiger partial charge in [-0.15, -0.1) is 0 Å². The number of nitriles is 1. The largest absolute Gasteiger partial charge is 0.250 e. The van der Waals surface area contributed by atoms with Gasteiger partial charge in [-0.05, 0) is 46.4 Å². The topological polar surface area (TPSA) is 23.8 Å². The average Bonchev–Trinajstić information content (AvgIpc) is 2.17. The Bertz CT molecular complexity index is 343. The summed E-state index contributed by atoms with van der Waals surface area (Å²) in [6.07, 6.45) is 0. The zero-order chi connectivity index (χ0) is 9.84. The van der Waals surface area contributed by atoms with Gasteiger partial charge in [0.15, 0.2) is 0 Å². The van der Waals surface area contributed by atoms with Crippen molar-refractivity contribution in [3.05, 3.63) is 38.8 Å². The van der Waals surface area contributed by atoms with Gasteiger partial charge in [0.05, 0.1) is 18.3 Å². The Labute approximate surface area is 90.7 Å². The highest BCUT2D eigenvalue weighted by atomic mass is 127. The second-order valence-electron chi connectivity index (χ2n) is 2.72. The van der Waals surface area contributed by atoms with Gasteiger partial charge in [-0.25, -0.2) is 0 Å². The molecule has 1 aromatic rings. The Kier molecular flexibility index (Phi) is 3.67. The van der Waals surface area contributed by atoms with E-state index in [1.807, 2.05) is 12.1 Å². The Morgan fingerprint density at radius 1 is 1.62 bits per heavy atom. The van der Waals surface area contributed by atoms with Gasteiger partial charge >= 0.3 is 0 Å². The molecule has 0 atom stereocenters. The molecular weight excluding hydrogens is 280 g/mol. The molecule has 1 nitrogen and oxygen atoms in total. The molecule has 0 aromatic heterocycles. The summed E-state index contributed by atoms with van der Waals surface area (Å²) >= 11 is 2.14. The lowest BCUT2D eigenvalue weighted by Crippen LogP contribution is -1.99. The van der Waals surface area contributed by atoms with Gasteiger partial charge in [-0.1, -0.05) is 6.92 Å². The van der Waals surface area contributed by atoms with Crippen LogP contribution < -0.4 is 0 Å². The van der Waals surface area contributed by atoms with Gasteiger partial charge in [0.25, 0.3) is 0 Å². The number of benzene rings is 1. The molecule has 0 aliphatic carbocycles. The number of halogens is 2. The summed E-state index contributed by atoms with van der Waals surface area (Å²) in [6.45, 7) is 1.27. The van der Waals surface area contributed by atoms with Crippen molar-refractivity contribution < 1.29 is 4.39 Å². The second-order valence-corrected chi connectivity index (χ2v) is 3.88. The van der Waals surface area contributed by atoms with Crippen LogP contribution in [0.3, 0.4) is 0 Å². The molecular formula is C10H8FIN. The van der Waals surface area contributed by atoms with Gasteiger partial charge < -0.3 is 0 Å². The number of alkyl halides is 1. The molecule has 0 amide bonds. The molecule has 0 aliphatic rings. The van der Waals surface area contributed by atoms with Crippen LogP contribution in [-0.2, 0) is 0 Å². The van der Waals surface area contributed by atoms with Crippen molar-refractivity contribution in [2.45, 2.75) is 6.92 Å². The third-order valence-electron chi connectivity index (χ3n) is 1.76. The summed E-state index contributed by atoms with van der Waals surface area (Å²) in [5.74, 6) is 0.668. The van der Waals surface area contributed by atoms with E-state index in [2.05, 4.69) is 22.6 Å². The van der Waals surface area contributed by atoms with E-state index in [4.69, 9.17) is 5.26 Å². The molecule has 1 aromatic carbocycles. The molecule has 1 radical (unpaired) electrons. The number of nitrogens with zero attached hydrogens (tertiary/aromatic N) is 1. The van der Waals surface area contributed by atoms with E-state index in [0.717, 1.165) is 9.13 Å². The van der Waals surface area contributed by atoms with Gasteiger partial charge in [0.1, 0.15) is 0 Å². The normalized spacial score (nSPS) is 10.1. The van der Waals surface area contributed by atoms with Crippen molar-refractivity contribution in [2.24, 2.45) is 0 Å². The van der Waals surface area contributed by atoms with Crippen LogP contribution in [0.25, 0.3) is 0 Å². The maximum absolute atomic E-state index is 12.4. The molecule has 0 heterocycles. The number of rotatable bonds is 2. The predicted molar refractivity (Wildman–Crippen MR) is 57.9 cm³/mol. The third-order valence-corrected chi connectivity index (χ3v) is 2.70. The summed E-state index contributed by atoms with van der Waals surface area (Å²) in [4.78, 5) is 0. The van der Waals surface area contributed by atoms with Crippen molar-refractivity contribution in [3.63, 3.8) is 0 Å². The standard InChI is InChI=1S/C10H8FIN/c1-7(5-11)9-4-8(6-13)2-3-10(9)12/h2-4H,5H2,1H3. The zero-order valence-electron chi connectivity index (χ0n) is 7.14. The first-order chi connectivity index (χ1) is 6.19. The minimum atomic E-state index is -0.467. The fourth-order valence-electron chi connectivity index (χ4n) is 0.994. The van der Waals surface area contributed by atoms with Crippen molar-refractivity contribution in [1.82, 2.24) is 0 Å². The molecule has 0 N–H and O–H groups in total. The molecule has 0 bridgehead atoms.